The maximum absolute atomic E-state index is 13.5. The van der Waals surface area contributed by atoms with E-state index in [4.69, 9.17) is 4.42 Å². The normalized spacial score (nSPS) is 16.2. The third-order valence-corrected chi connectivity index (χ3v) is 5.75. The predicted molar refractivity (Wildman–Crippen MR) is 106 cm³/mol. The molecular weight excluding hydrogens is 376 g/mol. The molecule has 29 heavy (non-hydrogen) atoms. The van der Waals surface area contributed by atoms with Crippen LogP contribution in [0.4, 0.5) is 14.8 Å². The highest BCUT2D eigenvalue weighted by molar-refractivity contribution is 5.79. The molecule has 2 heterocycles. The maximum atomic E-state index is 13.5. The van der Waals surface area contributed by atoms with Crippen LogP contribution in [-0.2, 0) is 4.79 Å². The van der Waals surface area contributed by atoms with Gasteiger partial charge in [-0.15, -0.1) is 0 Å². The molecule has 1 amide bonds. The van der Waals surface area contributed by atoms with Crippen LogP contribution < -0.4 is 4.90 Å². The first-order valence-electron chi connectivity index (χ1n) is 9.76. The molecule has 4 rings (SSSR count). The zero-order chi connectivity index (χ0) is 20.5. The number of halogens is 2. The first-order valence-corrected chi connectivity index (χ1v) is 9.76. The van der Waals surface area contributed by atoms with E-state index < -0.39 is 11.6 Å². The number of hydrogen-bond donors (Lipinski definition) is 0. The molecule has 2 aromatic carbocycles. The molecule has 1 atom stereocenters. The Hall–Kier alpha value is -2.96. The lowest BCUT2D eigenvalue weighted by molar-refractivity contribution is -0.136. The number of fused-ring (bicyclic) bond motifs is 1. The number of para-hydroxylation sites is 2. The minimum absolute atomic E-state index is 0.0134. The van der Waals surface area contributed by atoms with Crippen LogP contribution in [0.5, 0.6) is 0 Å². The van der Waals surface area contributed by atoms with Gasteiger partial charge in [-0.1, -0.05) is 18.2 Å². The van der Waals surface area contributed by atoms with Gasteiger partial charge in [-0.3, -0.25) is 4.79 Å². The lowest BCUT2D eigenvalue weighted by Gasteiger charge is -2.34. The summed E-state index contributed by atoms with van der Waals surface area (Å²) in [5.74, 6) is -1.89. The molecule has 0 bridgehead atoms. The Morgan fingerprint density at radius 2 is 1.90 bits per heavy atom. The molecule has 1 aliphatic rings. The van der Waals surface area contributed by atoms with Crippen molar-refractivity contribution in [3.63, 3.8) is 0 Å². The van der Waals surface area contributed by atoms with Crippen molar-refractivity contribution in [1.82, 2.24) is 9.88 Å². The quantitative estimate of drug-likeness (QED) is 0.646. The Morgan fingerprint density at radius 1 is 1.17 bits per heavy atom. The molecule has 1 aliphatic heterocycles. The van der Waals surface area contributed by atoms with Crippen molar-refractivity contribution in [2.45, 2.75) is 25.8 Å². The topological polar surface area (TPSA) is 49.6 Å². The van der Waals surface area contributed by atoms with Crippen molar-refractivity contribution in [2.24, 2.45) is 5.92 Å². The molecule has 0 radical (unpaired) electrons. The van der Waals surface area contributed by atoms with Gasteiger partial charge in [0, 0.05) is 26.1 Å². The van der Waals surface area contributed by atoms with E-state index in [2.05, 4.69) is 9.88 Å². The monoisotopic (exact) mass is 399 g/mol. The summed E-state index contributed by atoms with van der Waals surface area (Å²) in [6.07, 6.45) is 1.37. The fraction of sp³-hybridized carbons (Fsp3) is 0.364. The highest BCUT2D eigenvalue weighted by Crippen LogP contribution is 2.29. The third-order valence-electron chi connectivity index (χ3n) is 5.75. The van der Waals surface area contributed by atoms with Gasteiger partial charge in [-0.25, -0.2) is 8.78 Å². The molecule has 1 saturated heterocycles. The van der Waals surface area contributed by atoms with E-state index in [9.17, 15) is 13.6 Å². The Morgan fingerprint density at radius 3 is 2.59 bits per heavy atom. The highest BCUT2D eigenvalue weighted by Gasteiger charge is 2.31. The van der Waals surface area contributed by atoms with Gasteiger partial charge in [0.15, 0.2) is 17.2 Å². The average molecular weight is 399 g/mol. The summed E-state index contributed by atoms with van der Waals surface area (Å²) >= 11 is 0. The van der Waals surface area contributed by atoms with Crippen molar-refractivity contribution in [2.75, 3.05) is 25.0 Å². The van der Waals surface area contributed by atoms with Crippen molar-refractivity contribution < 1.29 is 18.0 Å². The summed E-state index contributed by atoms with van der Waals surface area (Å²) in [7, 11) is 1.71. The number of amides is 1. The lowest BCUT2D eigenvalue weighted by Crippen LogP contribution is -2.42. The van der Waals surface area contributed by atoms with Crippen molar-refractivity contribution >= 4 is 23.0 Å². The average Bonchev–Trinajstić information content (AvgIpc) is 3.18. The van der Waals surface area contributed by atoms with Crippen LogP contribution in [0.1, 0.15) is 31.4 Å². The van der Waals surface area contributed by atoms with Gasteiger partial charge in [0.2, 0.25) is 5.91 Å². The van der Waals surface area contributed by atoms with E-state index >= 15 is 0 Å². The SMILES string of the molecule is CC(c1ccc(F)c(F)c1)N(C)C(=O)C1CCN(c2nc3ccccc3o2)CC1. The Labute approximate surface area is 167 Å². The molecule has 0 aliphatic carbocycles. The van der Waals surface area contributed by atoms with Crippen LogP contribution in [0.2, 0.25) is 0 Å². The van der Waals surface area contributed by atoms with Gasteiger partial charge >= 0.3 is 0 Å². The smallest absolute Gasteiger partial charge is 0.298 e. The van der Waals surface area contributed by atoms with Gasteiger partial charge in [0.05, 0.1) is 6.04 Å². The van der Waals surface area contributed by atoms with E-state index in [1.54, 1.807) is 11.9 Å². The third kappa shape index (κ3) is 3.81. The number of nitrogens with zero attached hydrogens (tertiary/aromatic N) is 3. The number of rotatable bonds is 4. The highest BCUT2D eigenvalue weighted by atomic mass is 19.2. The van der Waals surface area contributed by atoms with Gasteiger partial charge in [-0.05, 0) is 49.6 Å². The number of aromatic nitrogens is 1. The molecule has 0 N–H and O–H groups in total. The second-order valence-electron chi connectivity index (χ2n) is 7.52. The molecular formula is C22H23F2N3O2. The van der Waals surface area contributed by atoms with Crippen LogP contribution >= 0.6 is 0 Å². The van der Waals surface area contributed by atoms with Gasteiger partial charge in [0.1, 0.15) is 5.52 Å². The van der Waals surface area contributed by atoms with Crippen LogP contribution in [0.25, 0.3) is 11.1 Å². The van der Waals surface area contributed by atoms with E-state index in [-0.39, 0.29) is 17.9 Å². The zero-order valence-electron chi connectivity index (χ0n) is 16.4. The molecule has 7 heteroatoms. The van der Waals surface area contributed by atoms with E-state index in [0.29, 0.717) is 37.5 Å². The van der Waals surface area contributed by atoms with Gasteiger partial charge < -0.3 is 14.2 Å². The molecule has 1 unspecified atom stereocenters. The molecule has 0 spiro atoms. The molecule has 1 fully saturated rings. The van der Waals surface area contributed by atoms with E-state index in [1.807, 2.05) is 31.2 Å². The molecule has 152 valence electrons. The summed E-state index contributed by atoms with van der Waals surface area (Å²) in [4.78, 5) is 21.1. The second kappa shape index (κ2) is 7.81. The number of hydrogen-bond acceptors (Lipinski definition) is 4. The number of anilines is 1. The summed E-state index contributed by atoms with van der Waals surface area (Å²) in [5, 5.41) is 0. The Balaban J connectivity index is 1.39. The lowest BCUT2D eigenvalue weighted by atomic mass is 9.94. The number of benzene rings is 2. The minimum Gasteiger partial charge on any atom is -0.423 e. The summed E-state index contributed by atoms with van der Waals surface area (Å²) in [5.41, 5.74) is 2.14. The van der Waals surface area contributed by atoms with Crippen LogP contribution in [0.3, 0.4) is 0 Å². The number of carbonyl (C=O) groups is 1. The number of carbonyl (C=O) groups excluding carboxylic acids is 1. The summed E-state index contributed by atoms with van der Waals surface area (Å²) < 4.78 is 32.5. The van der Waals surface area contributed by atoms with Gasteiger partial charge in [-0.2, -0.15) is 4.98 Å². The fourth-order valence-corrected chi connectivity index (χ4v) is 3.79. The Bertz CT molecular complexity index is 995. The Kier molecular flexibility index (Phi) is 5.22. The summed E-state index contributed by atoms with van der Waals surface area (Å²) in [6, 6.07) is 11.6. The van der Waals surface area contributed by atoms with Crippen LogP contribution in [0.15, 0.2) is 46.9 Å². The molecule has 1 aromatic heterocycles. The first kappa shape index (κ1) is 19.4. The number of piperidine rings is 1. The molecule has 0 saturated carbocycles. The maximum Gasteiger partial charge on any atom is 0.298 e. The molecule has 3 aromatic rings. The van der Waals surface area contributed by atoms with Gasteiger partial charge in [0.25, 0.3) is 6.01 Å². The predicted octanol–water partition coefficient (Wildman–Crippen LogP) is 4.54. The second-order valence-corrected chi connectivity index (χ2v) is 7.52. The molecule has 5 nitrogen and oxygen atoms in total. The van der Waals surface area contributed by atoms with Crippen LogP contribution in [-0.4, -0.2) is 35.9 Å². The van der Waals surface area contributed by atoms with Crippen molar-refractivity contribution in [1.29, 1.82) is 0 Å². The minimum atomic E-state index is -0.901. The van der Waals surface area contributed by atoms with Crippen LogP contribution in [0, 0.1) is 17.6 Å². The fourth-order valence-electron chi connectivity index (χ4n) is 3.79. The van der Waals surface area contributed by atoms with Crippen molar-refractivity contribution in [3.05, 3.63) is 59.7 Å². The largest absolute Gasteiger partial charge is 0.423 e. The van der Waals surface area contributed by atoms with E-state index in [1.165, 1.54) is 6.07 Å². The number of oxazole rings is 1. The standard InChI is InChI=1S/C22H23F2N3O2/c1-14(16-7-8-17(23)18(24)13-16)26(2)21(28)15-9-11-27(12-10-15)22-25-19-5-3-4-6-20(19)29-22/h3-8,13-15H,9-12H2,1-2H3. The first-order chi connectivity index (χ1) is 13.9. The summed E-state index contributed by atoms with van der Waals surface area (Å²) in [6.45, 7) is 3.17. The zero-order valence-corrected chi connectivity index (χ0v) is 16.4. The van der Waals surface area contributed by atoms with Crippen molar-refractivity contribution in [3.8, 4) is 0 Å². The van der Waals surface area contributed by atoms with E-state index in [0.717, 1.165) is 23.2 Å².